The molecule has 0 bridgehead atoms. The van der Waals surface area contributed by atoms with Gasteiger partial charge in [-0.15, -0.1) is 0 Å². The van der Waals surface area contributed by atoms with Crippen LogP contribution in [0.25, 0.3) is 0 Å². The third-order valence-electron chi connectivity index (χ3n) is 4.49. The van der Waals surface area contributed by atoms with E-state index in [9.17, 15) is 4.79 Å². The van der Waals surface area contributed by atoms with Gasteiger partial charge in [0.2, 0.25) is 11.9 Å². The zero-order valence-electron chi connectivity index (χ0n) is 13.7. The monoisotopic (exact) mass is 311 g/mol. The summed E-state index contributed by atoms with van der Waals surface area (Å²) >= 11 is 0. The molecule has 0 spiro atoms. The Bertz CT molecular complexity index is 703. The summed E-state index contributed by atoms with van der Waals surface area (Å²) in [4.78, 5) is 26.8. The van der Waals surface area contributed by atoms with E-state index in [4.69, 9.17) is 0 Å². The number of nitrogens with zero attached hydrogens (tertiary/aromatic N) is 4. The van der Waals surface area contributed by atoms with Crippen molar-refractivity contribution in [3.63, 3.8) is 0 Å². The molecule has 1 fully saturated rings. The molecule has 0 saturated carbocycles. The molecule has 2 aromatic rings. The van der Waals surface area contributed by atoms with Crippen molar-refractivity contribution in [2.24, 2.45) is 5.92 Å². The van der Waals surface area contributed by atoms with Crippen molar-refractivity contribution in [3.05, 3.63) is 47.5 Å². The molecule has 1 N–H and O–H groups in total. The summed E-state index contributed by atoms with van der Waals surface area (Å²) in [5.41, 5.74) is 3.15. The average Bonchev–Trinajstić information content (AvgIpc) is 2.84. The lowest BCUT2D eigenvalue weighted by atomic mass is 9.94. The fourth-order valence-electron chi connectivity index (χ4n) is 3.03. The maximum atomic E-state index is 12.1. The van der Waals surface area contributed by atoms with E-state index in [0.717, 1.165) is 16.8 Å². The molecule has 6 nitrogen and oxygen atoms in total. The summed E-state index contributed by atoms with van der Waals surface area (Å²) in [7, 11) is 1.86. The Balaban J connectivity index is 1.75. The molecule has 6 heteroatoms. The number of rotatable bonds is 4. The molecular weight excluding hydrogens is 290 g/mol. The van der Waals surface area contributed by atoms with Gasteiger partial charge in [0.15, 0.2) is 0 Å². The van der Waals surface area contributed by atoms with Gasteiger partial charge in [0.1, 0.15) is 0 Å². The van der Waals surface area contributed by atoms with Gasteiger partial charge < -0.3 is 10.2 Å². The summed E-state index contributed by atoms with van der Waals surface area (Å²) in [6.07, 6.45) is 5.88. The smallest absolute Gasteiger partial charge is 0.223 e. The van der Waals surface area contributed by atoms with Crippen molar-refractivity contribution in [1.29, 1.82) is 0 Å². The van der Waals surface area contributed by atoms with Crippen LogP contribution in [0.2, 0.25) is 0 Å². The van der Waals surface area contributed by atoms with Crippen molar-refractivity contribution < 1.29 is 4.79 Å². The fraction of sp³-hybridized carbons (Fsp3) is 0.412. The predicted molar refractivity (Wildman–Crippen MR) is 87.9 cm³/mol. The van der Waals surface area contributed by atoms with E-state index in [1.54, 1.807) is 12.4 Å². The highest BCUT2D eigenvalue weighted by Gasteiger charge is 2.38. The molecule has 1 saturated heterocycles. The molecule has 3 rings (SSSR count). The van der Waals surface area contributed by atoms with Crippen LogP contribution in [0.4, 0.5) is 5.95 Å². The fourth-order valence-corrected chi connectivity index (χ4v) is 3.03. The van der Waals surface area contributed by atoms with E-state index >= 15 is 0 Å². The van der Waals surface area contributed by atoms with Crippen LogP contribution in [-0.2, 0) is 4.79 Å². The largest absolute Gasteiger partial charge is 0.354 e. The van der Waals surface area contributed by atoms with Crippen LogP contribution < -0.4 is 5.32 Å². The second kappa shape index (κ2) is 6.32. The molecule has 0 unspecified atom stereocenters. The number of aryl methyl sites for hydroxylation is 2. The summed E-state index contributed by atoms with van der Waals surface area (Å²) in [5.74, 6) is 0.961. The molecule has 1 aliphatic rings. The normalized spacial score (nSPS) is 20.8. The number of amides is 1. The van der Waals surface area contributed by atoms with E-state index in [0.29, 0.717) is 18.9 Å². The first kappa shape index (κ1) is 15.4. The predicted octanol–water partition coefficient (Wildman–Crippen LogP) is 2.12. The summed E-state index contributed by atoms with van der Waals surface area (Å²) in [6, 6.07) is 4.00. The van der Waals surface area contributed by atoms with Crippen LogP contribution in [0.15, 0.2) is 30.7 Å². The Morgan fingerprint density at radius 2 is 2.04 bits per heavy atom. The zero-order valence-corrected chi connectivity index (χ0v) is 13.7. The van der Waals surface area contributed by atoms with Crippen molar-refractivity contribution in [3.8, 4) is 0 Å². The van der Waals surface area contributed by atoms with Gasteiger partial charge in [0.05, 0.1) is 6.04 Å². The number of aromatic nitrogens is 3. The minimum atomic E-state index is 0.0598. The Morgan fingerprint density at radius 1 is 1.30 bits per heavy atom. The third kappa shape index (κ3) is 3.16. The Hall–Kier alpha value is -2.50. The number of anilines is 1. The van der Waals surface area contributed by atoms with Gasteiger partial charge in [-0.25, -0.2) is 9.97 Å². The zero-order chi connectivity index (χ0) is 16.4. The maximum absolute atomic E-state index is 12.1. The van der Waals surface area contributed by atoms with Gasteiger partial charge in [-0.05, 0) is 37.1 Å². The summed E-state index contributed by atoms with van der Waals surface area (Å²) < 4.78 is 0. The Morgan fingerprint density at radius 3 is 2.74 bits per heavy atom. The number of carbonyl (C=O) groups is 1. The first-order valence-electron chi connectivity index (χ1n) is 7.76. The minimum Gasteiger partial charge on any atom is -0.354 e. The molecule has 1 aliphatic heterocycles. The van der Waals surface area contributed by atoms with Crippen LogP contribution >= 0.6 is 0 Å². The van der Waals surface area contributed by atoms with Crippen LogP contribution in [-0.4, -0.2) is 39.4 Å². The number of likely N-dealkylation sites (tertiary alicyclic amines) is 1. The van der Waals surface area contributed by atoms with Gasteiger partial charge in [-0.1, -0.05) is 0 Å². The van der Waals surface area contributed by atoms with Crippen molar-refractivity contribution in [1.82, 2.24) is 19.9 Å². The topological polar surface area (TPSA) is 71.0 Å². The number of pyridine rings is 1. The van der Waals surface area contributed by atoms with E-state index in [1.807, 2.05) is 44.1 Å². The quantitative estimate of drug-likeness (QED) is 0.936. The molecule has 2 aromatic heterocycles. The molecule has 120 valence electrons. The lowest BCUT2D eigenvalue weighted by Gasteiger charge is -2.25. The summed E-state index contributed by atoms with van der Waals surface area (Å²) in [6.45, 7) is 4.61. The first-order chi connectivity index (χ1) is 11.1. The number of hydrogen-bond acceptors (Lipinski definition) is 5. The third-order valence-corrected chi connectivity index (χ3v) is 4.49. The lowest BCUT2D eigenvalue weighted by molar-refractivity contribution is -0.127. The number of carbonyl (C=O) groups excluding carboxylic acids is 1. The molecule has 0 radical (unpaired) electrons. The second-order valence-corrected chi connectivity index (χ2v) is 6.04. The van der Waals surface area contributed by atoms with Crippen molar-refractivity contribution in [2.45, 2.75) is 26.3 Å². The van der Waals surface area contributed by atoms with Crippen LogP contribution in [0.1, 0.15) is 29.3 Å². The van der Waals surface area contributed by atoms with E-state index in [1.165, 1.54) is 0 Å². The molecule has 0 aliphatic carbocycles. The lowest BCUT2D eigenvalue weighted by Crippen LogP contribution is -2.26. The van der Waals surface area contributed by atoms with E-state index < -0.39 is 0 Å². The van der Waals surface area contributed by atoms with Crippen molar-refractivity contribution in [2.75, 3.05) is 18.9 Å². The second-order valence-electron chi connectivity index (χ2n) is 6.04. The number of nitrogens with one attached hydrogen (secondary N) is 1. The van der Waals surface area contributed by atoms with Gasteiger partial charge in [0.25, 0.3) is 0 Å². The SMILES string of the molecule is Cc1cnc(NC[C@@H]2CC(=O)N(C)[C@H]2c2ccncc2)nc1C. The highest BCUT2D eigenvalue weighted by Crippen LogP contribution is 2.36. The standard InChI is InChI=1S/C17H21N5O/c1-11-9-19-17(21-12(11)2)20-10-14-8-15(23)22(3)16(14)13-4-6-18-7-5-13/h4-7,9,14,16H,8,10H2,1-3H3,(H,19,20,21)/t14-,16-/m0/s1. The summed E-state index contributed by atoms with van der Waals surface area (Å²) in [5, 5.41) is 3.28. The minimum absolute atomic E-state index is 0.0598. The van der Waals surface area contributed by atoms with Gasteiger partial charge in [-0.2, -0.15) is 0 Å². The highest BCUT2D eigenvalue weighted by molar-refractivity contribution is 5.79. The molecule has 23 heavy (non-hydrogen) atoms. The Labute approximate surface area is 136 Å². The highest BCUT2D eigenvalue weighted by atomic mass is 16.2. The Kier molecular flexibility index (Phi) is 4.23. The molecule has 1 amide bonds. The average molecular weight is 311 g/mol. The van der Waals surface area contributed by atoms with Crippen LogP contribution in [0, 0.1) is 19.8 Å². The number of hydrogen-bond donors (Lipinski definition) is 1. The van der Waals surface area contributed by atoms with E-state index in [-0.39, 0.29) is 17.9 Å². The van der Waals surface area contributed by atoms with Gasteiger partial charge in [-0.3, -0.25) is 9.78 Å². The van der Waals surface area contributed by atoms with Crippen LogP contribution in [0.3, 0.4) is 0 Å². The molecule has 3 heterocycles. The molecular formula is C17H21N5O. The van der Waals surface area contributed by atoms with Gasteiger partial charge in [0, 0.05) is 50.2 Å². The maximum Gasteiger partial charge on any atom is 0.223 e. The first-order valence-corrected chi connectivity index (χ1v) is 7.76. The van der Waals surface area contributed by atoms with Crippen molar-refractivity contribution >= 4 is 11.9 Å². The van der Waals surface area contributed by atoms with Crippen LogP contribution in [0.5, 0.6) is 0 Å². The molecule has 2 atom stereocenters. The molecule has 0 aromatic carbocycles. The van der Waals surface area contributed by atoms with Gasteiger partial charge >= 0.3 is 0 Å². The van der Waals surface area contributed by atoms with E-state index in [2.05, 4.69) is 20.3 Å².